The highest BCUT2D eigenvalue weighted by atomic mass is 32.1. The summed E-state index contributed by atoms with van der Waals surface area (Å²) < 4.78 is 0. The maximum atomic E-state index is 12.4. The van der Waals surface area contributed by atoms with Crippen molar-refractivity contribution < 1.29 is 4.79 Å². The molecule has 0 radical (unpaired) electrons. The fourth-order valence-corrected chi connectivity index (χ4v) is 4.12. The van der Waals surface area contributed by atoms with E-state index in [1.807, 2.05) is 34.7 Å². The molecule has 2 rings (SSSR count). The van der Waals surface area contributed by atoms with E-state index in [-0.39, 0.29) is 18.1 Å². The van der Waals surface area contributed by atoms with Crippen LogP contribution in [0, 0.1) is 13.8 Å². The molecule has 0 aromatic carbocycles. The number of nitrogens with one attached hydrogen (secondary N) is 1. The Labute approximate surface area is 140 Å². The van der Waals surface area contributed by atoms with Crippen molar-refractivity contribution in [3.05, 3.63) is 38.0 Å². The number of thiazole rings is 1. The molecule has 0 aliphatic heterocycles. The summed E-state index contributed by atoms with van der Waals surface area (Å²) >= 11 is 3.34. The van der Waals surface area contributed by atoms with Crippen LogP contribution in [-0.4, -0.2) is 29.0 Å². The molecule has 6 heteroatoms. The summed E-state index contributed by atoms with van der Waals surface area (Å²) in [5, 5.41) is 8.30. The molecule has 0 bridgehead atoms. The predicted molar refractivity (Wildman–Crippen MR) is 93.8 cm³/mol. The molecular formula is C16H23N3OS2. The first-order chi connectivity index (χ1) is 10.4. The standard InChI is InChI=1S/C16H23N3OS2/c1-10(8-14-6-7-21-9-14)17-16(20)19(5)12(3)15-11(2)18-13(4)22-15/h6-7,9-10,12H,8H2,1-5H3,(H,17,20)/t10-,12-/m1/s1. The van der Waals surface area contributed by atoms with Crippen LogP contribution in [0.1, 0.15) is 41.0 Å². The van der Waals surface area contributed by atoms with E-state index in [1.165, 1.54) is 5.56 Å². The van der Waals surface area contributed by atoms with Crippen molar-refractivity contribution in [1.29, 1.82) is 0 Å². The molecule has 2 amide bonds. The number of hydrogen-bond acceptors (Lipinski definition) is 4. The van der Waals surface area contributed by atoms with Gasteiger partial charge >= 0.3 is 6.03 Å². The second-order valence-corrected chi connectivity index (χ2v) is 7.67. The van der Waals surface area contributed by atoms with Gasteiger partial charge in [0.1, 0.15) is 0 Å². The average molecular weight is 338 g/mol. The highest BCUT2D eigenvalue weighted by molar-refractivity contribution is 7.11. The molecule has 120 valence electrons. The van der Waals surface area contributed by atoms with E-state index in [1.54, 1.807) is 27.6 Å². The minimum Gasteiger partial charge on any atom is -0.335 e. The Hall–Kier alpha value is -1.40. The van der Waals surface area contributed by atoms with E-state index in [0.717, 1.165) is 22.0 Å². The molecule has 0 unspecified atom stereocenters. The lowest BCUT2D eigenvalue weighted by atomic mass is 10.1. The van der Waals surface area contributed by atoms with Crippen LogP contribution in [0.3, 0.4) is 0 Å². The highest BCUT2D eigenvalue weighted by Gasteiger charge is 2.22. The fraction of sp³-hybridized carbons (Fsp3) is 0.500. The van der Waals surface area contributed by atoms with Gasteiger partial charge in [0.05, 0.1) is 16.7 Å². The predicted octanol–water partition coefficient (Wildman–Crippen LogP) is 4.16. The van der Waals surface area contributed by atoms with Crippen LogP contribution in [-0.2, 0) is 6.42 Å². The first-order valence-corrected chi connectivity index (χ1v) is 9.12. The van der Waals surface area contributed by atoms with Crippen LogP contribution < -0.4 is 5.32 Å². The summed E-state index contributed by atoms with van der Waals surface area (Å²) in [5.41, 5.74) is 2.28. The average Bonchev–Trinajstić information content (AvgIpc) is 3.06. The van der Waals surface area contributed by atoms with Crippen molar-refractivity contribution >= 4 is 28.7 Å². The number of carbonyl (C=O) groups is 1. The number of rotatable bonds is 5. The van der Waals surface area contributed by atoms with Gasteiger partial charge in [0.2, 0.25) is 0 Å². The Kier molecular flexibility index (Phi) is 5.58. The van der Waals surface area contributed by atoms with Crippen LogP contribution in [0.5, 0.6) is 0 Å². The molecule has 4 nitrogen and oxygen atoms in total. The number of urea groups is 1. The van der Waals surface area contributed by atoms with Gasteiger partial charge in [-0.2, -0.15) is 11.3 Å². The fourth-order valence-electron chi connectivity index (χ4n) is 2.41. The van der Waals surface area contributed by atoms with Crippen LogP contribution >= 0.6 is 22.7 Å². The lowest BCUT2D eigenvalue weighted by molar-refractivity contribution is 0.191. The second kappa shape index (κ2) is 7.24. The van der Waals surface area contributed by atoms with Gasteiger partial charge < -0.3 is 10.2 Å². The maximum absolute atomic E-state index is 12.4. The molecule has 0 saturated heterocycles. The third-order valence-corrected chi connectivity index (χ3v) is 5.69. The molecule has 22 heavy (non-hydrogen) atoms. The van der Waals surface area contributed by atoms with Crippen LogP contribution in [0.15, 0.2) is 16.8 Å². The summed E-state index contributed by atoms with van der Waals surface area (Å²) in [6.07, 6.45) is 0.857. The lowest BCUT2D eigenvalue weighted by Gasteiger charge is -2.26. The number of amides is 2. The monoisotopic (exact) mass is 337 g/mol. The SMILES string of the molecule is Cc1nc(C)c([C@@H](C)N(C)C(=O)N[C@H](C)Cc2ccsc2)s1. The molecule has 1 N–H and O–H groups in total. The van der Waals surface area contributed by atoms with Gasteiger partial charge in [-0.3, -0.25) is 0 Å². The molecule has 2 aromatic heterocycles. The summed E-state index contributed by atoms with van der Waals surface area (Å²) in [4.78, 5) is 19.8. The van der Waals surface area contributed by atoms with Crippen molar-refractivity contribution in [3.63, 3.8) is 0 Å². The number of hydrogen-bond donors (Lipinski definition) is 1. The number of thiophene rings is 1. The zero-order valence-electron chi connectivity index (χ0n) is 13.7. The van der Waals surface area contributed by atoms with Crippen molar-refractivity contribution in [1.82, 2.24) is 15.2 Å². The van der Waals surface area contributed by atoms with E-state index in [0.29, 0.717) is 0 Å². The number of nitrogens with zero attached hydrogens (tertiary/aromatic N) is 2. The van der Waals surface area contributed by atoms with Crippen molar-refractivity contribution in [2.24, 2.45) is 0 Å². The van der Waals surface area contributed by atoms with Crippen molar-refractivity contribution in [2.75, 3.05) is 7.05 Å². The summed E-state index contributed by atoms with van der Waals surface area (Å²) in [5.74, 6) is 0. The maximum Gasteiger partial charge on any atom is 0.317 e. The normalized spacial score (nSPS) is 13.7. The van der Waals surface area contributed by atoms with Gasteiger partial charge in [-0.05, 0) is 56.5 Å². The van der Waals surface area contributed by atoms with Gasteiger partial charge in [-0.15, -0.1) is 11.3 Å². The minimum atomic E-state index is -0.0410. The topological polar surface area (TPSA) is 45.2 Å². The Morgan fingerprint density at radius 2 is 2.14 bits per heavy atom. The Morgan fingerprint density at radius 3 is 2.68 bits per heavy atom. The summed E-state index contributed by atoms with van der Waals surface area (Å²) in [6, 6.07) is 2.20. The first-order valence-electron chi connectivity index (χ1n) is 7.36. The first kappa shape index (κ1) is 17.0. The van der Waals surface area contributed by atoms with Crippen LogP contribution in [0.2, 0.25) is 0 Å². The molecule has 2 atom stereocenters. The molecular weight excluding hydrogens is 314 g/mol. The quantitative estimate of drug-likeness (QED) is 0.890. The Morgan fingerprint density at radius 1 is 1.41 bits per heavy atom. The summed E-state index contributed by atoms with van der Waals surface area (Å²) in [6.45, 7) is 8.08. The zero-order chi connectivity index (χ0) is 16.3. The van der Waals surface area contributed by atoms with Gasteiger partial charge in [0.15, 0.2) is 0 Å². The zero-order valence-corrected chi connectivity index (χ0v) is 15.3. The smallest absolute Gasteiger partial charge is 0.317 e. The lowest BCUT2D eigenvalue weighted by Crippen LogP contribution is -2.43. The number of carbonyl (C=O) groups excluding carboxylic acids is 1. The molecule has 0 fully saturated rings. The second-order valence-electron chi connectivity index (χ2n) is 5.66. The molecule has 2 heterocycles. The van der Waals surface area contributed by atoms with Crippen molar-refractivity contribution in [3.8, 4) is 0 Å². The Bertz CT molecular complexity index is 621. The highest BCUT2D eigenvalue weighted by Crippen LogP contribution is 2.28. The number of aryl methyl sites for hydroxylation is 2. The van der Waals surface area contributed by atoms with Crippen molar-refractivity contribution in [2.45, 2.75) is 46.2 Å². The molecule has 0 aliphatic carbocycles. The molecule has 0 spiro atoms. The minimum absolute atomic E-state index is 0.0274. The largest absolute Gasteiger partial charge is 0.335 e. The van der Waals surface area contributed by atoms with E-state index in [9.17, 15) is 4.79 Å². The third kappa shape index (κ3) is 4.08. The van der Waals surface area contributed by atoms with E-state index >= 15 is 0 Å². The van der Waals surface area contributed by atoms with Gasteiger partial charge in [-0.1, -0.05) is 0 Å². The van der Waals surface area contributed by atoms with Gasteiger partial charge in [-0.25, -0.2) is 9.78 Å². The Balaban J connectivity index is 1.95. The summed E-state index contributed by atoms with van der Waals surface area (Å²) in [7, 11) is 1.84. The van der Waals surface area contributed by atoms with Crippen LogP contribution in [0.4, 0.5) is 4.79 Å². The van der Waals surface area contributed by atoms with E-state index in [4.69, 9.17) is 0 Å². The van der Waals surface area contributed by atoms with E-state index < -0.39 is 0 Å². The molecule has 0 saturated carbocycles. The van der Waals surface area contributed by atoms with Gasteiger partial charge in [0, 0.05) is 18.0 Å². The molecule has 2 aromatic rings. The van der Waals surface area contributed by atoms with Crippen LogP contribution in [0.25, 0.3) is 0 Å². The van der Waals surface area contributed by atoms with E-state index in [2.05, 4.69) is 27.1 Å². The third-order valence-electron chi connectivity index (χ3n) is 3.71. The molecule has 0 aliphatic rings. The van der Waals surface area contributed by atoms with Gasteiger partial charge in [0.25, 0.3) is 0 Å². The number of aromatic nitrogens is 1.